The molecular formula is C36H44N2O6. The molecule has 3 rings (SSSR count). The summed E-state index contributed by atoms with van der Waals surface area (Å²) in [7, 11) is 1.85. The smallest absolute Gasteiger partial charge is 0.339 e. The number of amides is 1. The van der Waals surface area contributed by atoms with Crippen LogP contribution < -0.4 is 10.6 Å². The van der Waals surface area contributed by atoms with Crippen LogP contribution in [0.1, 0.15) is 63.9 Å². The molecular weight excluding hydrogens is 556 g/mol. The topological polar surface area (TPSA) is 111 Å². The van der Waals surface area contributed by atoms with Crippen molar-refractivity contribution in [1.29, 1.82) is 0 Å². The summed E-state index contributed by atoms with van der Waals surface area (Å²) in [6, 6.07) is 21.7. The van der Waals surface area contributed by atoms with Crippen LogP contribution in [0, 0.1) is 26.7 Å². The summed E-state index contributed by atoms with van der Waals surface area (Å²) >= 11 is 0. The summed E-state index contributed by atoms with van der Waals surface area (Å²) in [5.74, 6) is -2.65. The third-order valence-electron chi connectivity index (χ3n) is 7.45. The normalized spacial score (nSPS) is 12.2. The number of carbonyl (C=O) groups excluding carboxylic acids is 4. The monoisotopic (exact) mass is 600 g/mol. The predicted octanol–water partition coefficient (Wildman–Crippen LogP) is 5.20. The van der Waals surface area contributed by atoms with Crippen molar-refractivity contribution in [2.24, 2.45) is 5.92 Å². The summed E-state index contributed by atoms with van der Waals surface area (Å²) in [5.41, 5.74) is 4.77. The first kappa shape index (κ1) is 34.2. The number of hydrogen-bond donors (Lipinski definition) is 2. The fraction of sp³-hybridized carbons (Fsp3) is 0.389. The Morgan fingerprint density at radius 1 is 0.795 bits per heavy atom. The quantitative estimate of drug-likeness (QED) is 0.162. The number of unbranched alkanes of at least 4 members (excludes halogenated alkanes) is 1. The van der Waals surface area contributed by atoms with Crippen molar-refractivity contribution in [3.8, 4) is 0 Å². The van der Waals surface area contributed by atoms with Gasteiger partial charge in [-0.3, -0.25) is 14.4 Å². The fourth-order valence-electron chi connectivity index (χ4n) is 5.22. The van der Waals surface area contributed by atoms with Crippen LogP contribution in [0.4, 0.5) is 0 Å². The molecule has 2 N–H and O–H groups in total. The average Bonchev–Trinajstić information content (AvgIpc) is 3.00. The number of benzene rings is 3. The lowest BCUT2D eigenvalue weighted by atomic mass is 9.94. The standard InChI is InChI=1S/C36H44N2O6/c1-25-19-26(2)34(27(3)20-25)36(42)44-24-32(39)31(17-11-12-18-37-4)38-35(41)30(21-28-13-7-5-8-14-28)22-33(40)43-23-29-15-9-6-10-16-29/h5-10,13-16,19-20,30-31,37H,11-12,17-18,21-24H2,1-4H3,(H,38,41)/t30-,31+/m1/s1. The minimum atomic E-state index is -0.869. The molecule has 0 bridgehead atoms. The second kappa shape index (κ2) is 17.7. The lowest BCUT2D eigenvalue weighted by Crippen LogP contribution is -2.46. The van der Waals surface area contributed by atoms with Crippen LogP contribution in [0.2, 0.25) is 0 Å². The van der Waals surface area contributed by atoms with E-state index < -0.39 is 42.2 Å². The van der Waals surface area contributed by atoms with Crippen LogP contribution in [0.3, 0.4) is 0 Å². The number of rotatable bonds is 17. The molecule has 2 atom stereocenters. The van der Waals surface area contributed by atoms with Crippen molar-refractivity contribution in [3.63, 3.8) is 0 Å². The van der Waals surface area contributed by atoms with E-state index in [4.69, 9.17) is 9.47 Å². The minimum absolute atomic E-state index is 0.108. The highest BCUT2D eigenvalue weighted by Crippen LogP contribution is 2.19. The molecule has 44 heavy (non-hydrogen) atoms. The molecule has 0 spiro atoms. The van der Waals surface area contributed by atoms with Crippen molar-refractivity contribution in [2.75, 3.05) is 20.2 Å². The van der Waals surface area contributed by atoms with Crippen molar-refractivity contribution >= 4 is 23.6 Å². The number of ketones is 1. The summed E-state index contributed by atoms with van der Waals surface area (Å²) in [6.07, 6.45) is 2.01. The van der Waals surface area contributed by atoms with E-state index in [1.807, 2.05) is 101 Å². The van der Waals surface area contributed by atoms with E-state index in [-0.39, 0.29) is 13.0 Å². The maximum Gasteiger partial charge on any atom is 0.339 e. The molecule has 0 radical (unpaired) electrons. The Morgan fingerprint density at radius 3 is 2.02 bits per heavy atom. The van der Waals surface area contributed by atoms with Crippen LogP contribution in [-0.4, -0.2) is 49.9 Å². The maximum absolute atomic E-state index is 13.7. The van der Waals surface area contributed by atoms with Crippen LogP contribution >= 0.6 is 0 Å². The molecule has 0 aliphatic carbocycles. The first-order chi connectivity index (χ1) is 21.2. The van der Waals surface area contributed by atoms with Crippen LogP contribution in [-0.2, 0) is 36.9 Å². The van der Waals surface area contributed by atoms with Crippen molar-refractivity contribution in [3.05, 3.63) is 106 Å². The zero-order valence-electron chi connectivity index (χ0n) is 26.2. The van der Waals surface area contributed by atoms with Gasteiger partial charge in [-0.15, -0.1) is 0 Å². The Balaban J connectivity index is 1.71. The van der Waals surface area contributed by atoms with Gasteiger partial charge < -0.3 is 20.1 Å². The predicted molar refractivity (Wildman–Crippen MR) is 170 cm³/mol. The second-order valence-corrected chi connectivity index (χ2v) is 11.2. The SMILES string of the molecule is CNCCCC[C@H](NC(=O)[C@@H](CC(=O)OCc1ccccc1)Cc1ccccc1)C(=O)COC(=O)c1c(C)cc(C)cc1C. The third-order valence-corrected chi connectivity index (χ3v) is 7.45. The Labute approximate surface area is 260 Å². The zero-order chi connectivity index (χ0) is 31.9. The van der Waals surface area contributed by atoms with E-state index in [9.17, 15) is 19.2 Å². The summed E-state index contributed by atoms with van der Waals surface area (Å²) in [5, 5.41) is 5.96. The second-order valence-electron chi connectivity index (χ2n) is 11.2. The lowest BCUT2D eigenvalue weighted by Gasteiger charge is -2.22. The highest BCUT2D eigenvalue weighted by molar-refractivity contribution is 5.96. The van der Waals surface area contributed by atoms with Gasteiger partial charge in [-0.05, 0) is 82.3 Å². The van der Waals surface area contributed by atoms with Crippen molar-refractivity contribution in [1.82, 2.24) is 10.6 Å². The van der Waals surface area contributed by atoms with Gasteiger partial charge in [0.1, 0.15) is 6.61 Å². The first-order valence-corrected chi connectivity index (χ1v) is 15.1. The molecule has 0 aromatic heterocycles. The van der Waals surface area contributed by atoms with Crippen molar-refractivity contribution in [2.45, 2.75) is 65.5 Å². The Morgan fingerprint density at radius 2 is 1.41 bits per heavy atom. The molecule has 8 nitrogen and oxygen atoms in total. The summed E-state index contributed by atoms with van der Waals surface area (Å²) < 4.78 is 10.9. The molecule has 0 saturated carbocycles. The fourth-order valence-corrected chi connectivity index (χ4v) is 5.22. The Kier molecular flexibility index (Phi) is 13.8. The van der Waals surface area contributed by atoms with E-state index in [2.05, 4.69) is 10.6 Å². The van der Waals surface area contributed by atoms with Crippen molar-refractivity contribution < 1.29 is 28.7 Å². The van der Waals surface area contributed by atoms with Gasteiger partial charge >= 0.3 is 11.9 Å². The lowest BCUT2D eigenvalue weighted by molar-refractivity contribution is -0.148. The number of Topliss-reactive ketones (excluding diaryl/α,β-unsaturated/α-hetero) is 1. The van der Waals surface area contributed by atoms with Gasteiger partial charge in [-0.25, -0.2) is 4.79 Å². The van der Waals surface area contributed by atoms with E-state index in [0.29, 0.717) is 24.8 Å². The summed E-state index contributed by atoms with van der Waals surface area (Å²) in [6.45, 7) is 6.03. The molecule has 0 aliphatic heterocycles. The van der Waals surface area contributed by atoms with Gasteiger partial charge in [0.2, 0.25) is 5.91 Å². The molecule has 0 heterocycles. The number of hydrogen-bond acceptors (Lipinski definition) is 7. The highest BCUT2D eigenvalue weighted by atomic mass is 16.5. The highest BCUT2D eigenvalue weighted by Gasteiger charge is 2.29. The third kappa shape index (κ3) is 11.1. The van der Waals surface area contributed by atoms with Gasteiger partial charge in [0.05, 0.1) is 23.9 Å². The van der Waals surface area contributed by atoms with Crippen LogP contribution in [0.5, 0.6) is 0 Å². The number of carbonyl (C=O) groups is 4. The molecule has 3 aromatic rings. The van der Waals surface area contributed by atoms with Gasteiger partial charge in [0.15, 0.2) is 12.4 Å². The molecule has 234 valence electrons. The average molecular weight is 601 g/mol. The van der Waals surface area contributed by atoms with Gasteiger partial charge in [-0.2, -0.15) is 0 Å². The molecule has 0 unspecified atom stereocenters. The van der Waals surface area contributed by atoms with E-state index >= 15 is 0 Å². The van der Waals surface area contributed by atoms with Gasteiger partial charge in [-0.1, -0.05) is 78.4 Å². The van der Waals surface area contributed by atoms with E-state index in [1.165, 1.54) is 0 Å². The zero-order valence-corrected chi connectivity index (χ0v) is 26.2. The molecule has 3 aromatic carbocycles. The molecule has 1 amide bonds. The molecule has 8 heteroatoms. The largest absolute Gasteiger partial charge is 0.461 e. The molecule has 0 saturated heterocycles. The number of esters is 2. The van der Waals surface area contributed by atoms with E-state index in [1.54, 1.807) is 0 Å². The van der Waals surface area contributed by atoms with Gasteiger partial charge in [0, 0.05) is 0 Å². The molecule has 0 fully saturated rings. The first-order valence-electron chi connectivity index (χ1n) is 15.1. The summed E-state index contributed by atoms with van der Waals surface area (Å²) in [4.78, 5) is 52.8. The number of ether oxygens (including phenoxy) is 2. The number of nitrogens with one attached hydrogen (secondary N) is 2. The Hall–Kier alpha value is -4.30. The number of aryl methyl sites for hydroxylation is 3. The van der Waals surface area contributed by atoms with Crippen LogP contribution in [0.15, 0.2) is 72.8 Å². The van der Waals surface area contributed by atoms with Crippen LogP contribution in [0.25, 0.3) is 0 Å². The van der Waals surface area contributed by atoms with Gasteiger partial charge in [0.25, 0.3) is 0 Å². The minimum Gasteiger partial charge on any atom is -0.461 e. The maximum atomic E-state index is 13.7. The molecule has 0 aliphatic rings. The van der Waals surface area contributed by atoms with E-state index in [0.717, 1.165) is 40.8 Å². The Bertz CT molecular complexity index is 1370.